The van der Waals surface area contributed by atoms with Crippen LogP contribution in [-0.2, 0) is 0 Å². The van der Waals surface area contributed by atoms with E-state index in [0.717, 1.165) is 13.0 Å². The molecule has 0 saturated heterocycles. The lowest BCUT2D eigenvalue weighted by Crippen LogP contribution is -2.29. The van der Waals surface area contributed by atoms with Crippen LogP contribution in [0.3, 0.4) is 0 Å². The predicted molar refractivity (Wildman–Crippen MR) is 73.4 cm³/mol. The van der Waals surface area contributed by atoms with Gasteiger partial charge in [0.25, 0.3) is 0 Å². The topological polar surface area (TPSA) is 32.3 Å². The number of hydrogen-bond donors (Lipinski definition) is 2. The third-order valence-corrected chi connectivity index (χ3v) is 4.42. The van der Waals surface area contributed by atoms with Crippen LogP contribution in [-0.4, -0.2) is 24.0 Å². The van der Waals surface area contributed by atoms with E-state index in [0.29, 0.717) is 18.6 Å². The quantitative estimate of drug-likeness (QED) is 0.844. The van der Waals surface area contributed by atoms with Crippen LogP contribution < -0.4 is 5.32 Å². The minimum absolute atomic E-state index is 0.292. The van der Waals surface area contributed by atoms with E-state index in [1.165, 1.54) is 22.6 Å². The zero-order chi connectivity index (χ0) is 12.1. The summed E-state index contributed by atoms with van der Waals surface area (Å²) < 4.78 is 0. The average Bonchev–Trinajstić information content (AvgIpc) is 2.36. The molecule has 0 aromatic heterocycles. The monoisotopic (exact) mass is 251 g/mol. The number of aliphatic hydroxyl groups is 1. The molecule has 0 saturated carbocycles. The van der Waals surface area contributed by atoms with Crippen molar-refractivity contribution in [3.63, 3.8) is 0 Å². The van der Waals surface area contributed by atoms with E-state index in [9.17, 15) is 0 Å². The van der Waals surface area contributed by atoms with Crippen molar-refractivity contribution >= 4 is 11.8 Å². The molecular weight excluding hydrogens is 230 g/mol. The molecule has 1 aliphatic rings. The molecule has 1 aliphatic heterocycles. The number of nitrogens with one attached hydrogen (secondary N) is 1. The maximum absolute atomic E-state index is 8.90. The molecule has 0 aliphatic carbocycles. The van der Waals surface area contributed by atoms with Gasteiger partial charge in [0.2, 0.25) is 0 Å². The van der Waals surface area contributed by atoms with Crippen LogP contribution in [0.1, 0.15) is 31.4 Å². The van der Waals surface area contributed by atoms with Crippen LogP contribution in [0, 0.1) is 5.92 Å². The van der Waals surface area contributed by atoms with Crippen molar-refractivity contribution in [3.05, 3.63) is 29.8 Å². The van der Waals surface area contributed by atoms with E-state index < -0.39 is 0 Å². The molecule has 0 radical (unpaired) electrons. The summed E-state index contributed by atoms with van der Waals surface area (Å²) in [4.78, 5) is 1.42. The predicted octanol–water partition coefficient (Wildman–Crippen LogP) is 2.83. The second-order valence-electron chi connectivity index (χ2n) is 4.75. The summed E-state index contributed by atoms with van der Waals surface area (Å²) in [5, 5.41) is 12.5. The molecule has 2 rings (SSSR count). The molecule has 2 atom stereocenters. The maximum Gasteiger partial charge on any atom is 0.0434 e. The fourth-order valence-corrected chi connectivity index (χ4v) is 3.35. The van der Waals surface area contributed by atoms with Gasteiger partial charge >= 0.3 is 0 Å². The van der Waals surface area contributed by atoms with Crippen LogP contribution >= 0.6 is 11.8 Å². The van der Waals surface area contributed by atoms with Gasteiger partial charge in [-0.05, 0) is 42.7 Å². The van der Waals surface area contributed by atoms with Gasteiger partial charge in [-0.25, -0.2) is 0 Å². The third kappa shape index (κ3) is 3.47. The van der Waals surface area contributed by atoms with Crippen LogP contribution in [0.15, 0.2) is 29.2 Å². The van der Waals surface area contributed by atoms with Crippen molar-refractivity contribution in [2.45, 2.75) is 30.7 Å². The summed E-state index contributed by atoms with van der Waals surface area (Å²) in [6, 6.07) is 9.17. The van der Waals surface area contributed by atoms with Gasteiger partial charge in [0, 0.05) is 17.5 Å². The second-order valence-corrected chi connectivity index (χ2v) is 5.89. The maximum atomic E-state index is 8.90. The van der Waals surface area contributed by atoms with Crippen LogP contribution in [0.2, 0.25) is 0 Å². The number of hydrogen-bond acceptors (Lipinski definition) is 3. The Hall–Kier alpha value is -0.510. The molecule has 1 heterocycles. The van der Waals surface area contributed by atoms with Gasteiger partial charge in [-0.1, -0.05) is 25.1 Å². The van der Waals surface area contributed by atoms with Crippen molar-refractivity contribution in [2.24, 2.45) is 5.92 Å². The van der Waals surface area contributed by atoms with Crippen molar-refractivity contribution in [1.29, 1.82) is 0 Å². The molecular formula is C14H21NOS. The summed E-state index contributed by atoms with van der Waals surface area (Å²) in [6.45, 7) is 3.47. The highest BCUT2D eigenvalue weighted by Crippen LogP contribution is 2.35. The van der Waals surface area contributed by atoms with E-state index in [-0.39, 0.29) is 0 Å². The van der Waals surface area contributed by atoms with Gasteiger partial charge in [-0.3, -0.25) is 0 Å². The molecule has 1 aromatic carbocycles. The average molecular weight is 251 g/mol. The summed E-state index contributed by atoms with van der Waals surface area (Å²) in [5.41, 5.74) is 1.44. The number of fused-ring (bicyclic) bond motifs is 1. The Morgan fingerprint density at radius 3 is 3.12 bits per heavy atom. The van der Waals surface area contributed by atoms with E-state index in [2.05, 4.69) is 36.5 Å². The Kier molecular flexibility index (Phi) is 4.89. The molecule has 0 spiro atoms. The first-order valence-electron chi connectivity index (χ1n) is 6.37. The van der Waals surface area contributed by atoms with Gasteiger partial charge in [0.15, 0.2) is 0 Å². The van der Waals surface area contributed by atoms with Crippen molar-refractivity contribution in [3.8, 4) is 0 Å². The number of thioether (sulfide) groups is 1. The summed E-state index contributed by atoms with van der Waals surface area (Å²) in [6.07, 6.45) is 2.09. The minimum Gasteiger partial charge on any atom is -0.396 e. The molecule has 0 amide bonds. The first-order chi connectivity index (χ1) is 8.31. The lowest BCUT2D eigenvalue weighted by molar-refractivity contribution is 0.257. The highest BCUT2D eigenvalue weighted by molar-refractivity contribution is 7.99. The van der Waals surface area contributed by atoms with Crippen molar-refractivity contribution in [2.75, 3.05) is 18.9 Å². The fourth-order valence-electron chi connectivity index (χ4n) is 2.22. The normalized spacial score (nSPS) is 20.9. The third-order valence-electron chi connectivity index (χ3n) is 3.29. The van der Waals surface area contributed by atoms with E-state index >= 15 is 0 Å². The first kappa shape index (κ1) is 12.9. The summed E-state index contributed by atoms with van der Waals surface area (Å²) in [5.74, 6) is 1.74. The molecule has 1 aromatic rings. The number of benzene rings is 1. The number of aliphatic hydroxyl groups excluding tert-OH is 1. The smallest absolute Gasteiger partial charge is 0.0434 e. The largest absolute Gasteiger partial charge is 0.396 e. The van der Waals surface area contributed by atoms with Crippen LogP contribution in [0.4, 0.5) is 0 Å². The standard InChI is InChI=1S/C14H21NOS/c1-11(6-8-16)10-15-13-7-9-17-14-5-3-2-4-12(13)14/h2-5,11,13,15-16H,6-10H2,1H3. The molecule has 2 nitrogen and oxygen atoms in total. The van der Waals surface area contributed by atoms with Crippen molar-refractivity contribution < 1.29 is 5.11 Å². The van der Waals surface area contributed by atoms with Gasteiger partial charge < -0.3 is 10.4 Å². The highest BCUT2D eigenvalue weighted by atomic mass is 32.2. The van der Waals surface area contributed by atoms with Gasteiger partial charge in [-0.15, -0.1) is 11.8 Å². The molecule has 0 fully saturated rings. The van der Waals surface area contributed by atoms with Gasteiger partial charge in [0.1, 0.15) is 0 Å². The Labute approximate surface area is 108 Å². The summed E-state index contributed by atoms with van der Waals surface area (Å²) >= 11 is 1.96. The van der Waals surface area contributed by atoms with Gasteiger partial charge in [-0.2, -0.15) is 0 Å². The molecule has 17 heavy (non-hydrogen) atoms. The molecule has 2 N–H and O–H groups in total. The Morgan fingerprint density at radius 2 is 2.29 bits per heavy atom. The number of rotatable bonds is 5. The minimum atomic E-state index is 0.292. The zero-order valence-electron chi connectivity index (χ0n) is 10.4. The molecule has 2 unspecified atom stereocenters. The SMILES string of the molecule is CC(CCO)CNC1CCSc2ccccc21. The highest BCUT2D eigenvalue weighted by Gasteiger charge is 2.19. The molecule has 0 bridgehead atoms. The molecule has 94 valence electrons. The van der Waals surface area contributed by atoms with Crippen LogP contribution in [0.5, 0.6) is 0 Å². The summed E-state index contributed by atoms with van der Waals surface area (Å²) in [7, 11) is 0. The Balaban J connectivity index is 1.94. The fraction of sp³-hybridized carbons (Fsp3) is 0.571. The Morgan fingerprint density at radius 1 is 1.47 bits per heavy atom. The van der Waals surface area contributed by atoms with Gasteiger partial charge in [0.05, 0.1) is 0 Å². The van der Waals surface area contributed by atoms with E-state index in [1.54, 1.807) is 0 Å². The first-order valence-corrected chi connectivity index (χ1v) is 7.35. The molecule has 3 heteroatoms. The lowest BCUT2D eigenvalue weighted by atomic mass is 10.0. The lowest BCUT2D eigenvalue weighted by Gasteiger charge is -2.27. The van der Waals surface area contributed by atoms with Crippen molar-refractivity contribution in [1.82, 2.24) is 5.32 Å². The van der Waals surface area contributed by atoms with E-state index in [4.69, 9.17) is 5.11 Å². The zero-order valence-corrected chi connectivity index (χ0v) is 11.2. The van der Waals surface area contributed by atoms with Crippen LogP contribution in [0.25, 0.3) is 0 Å². The van der Waals surface area contributed by atoms with E-state index in [1.807, 2.05) is 11.8 Å². The second kappa shape index (κ2) is 6.43. The Bertz CT molecular complexity index is 356.